The molecule has 0 unspecified atom stereocenters. The summed E-state index contributed by atoms with van der Waals surface area (Å²) in [6.45, 7) is 12.7. The summed E-state index contributed by atoms with van der Waals surface area (Å²) in [6, 6.07) is 0. The van der Waals surface area contributed by atoms with Gasteiger partial charge in [0.1, 0.15) is 17.9 Å². The number of rotatable bonds is 3. The highest BCUT2D eigenvalue weighted by Gasteiger charge is 2.68. The molecule has 4 aliphatic carbocycles. The van der Waals surface area contributed by atoms with Gasteiger partial charge in [0, 0.05) is 18.4 Å². The molecule has 7 nitrogen and oxygen atoms in total. The molecule has 0 bridgehead atoms. The number of fused-ring (bicyclic) bond motifs is 7. The number of ether oxygens (including phenoxy) is 3. The van der Waals surface area contributed by atoms with Crippen LogP contribution in [0.4, 0.5) is 0 Å². The topological polar surface area (TPSA) is 100 Å². The Kier molecular flexibility index (Phi) is 7.46. The van der Waals surface area contributed by atoms with E-state index in [0.29, 0.717) is 34.7 Å². The standard InChI is InChI=1S/C34H57NO6/c1-18-8-13-34(35-16-18)20(3)28-26(41-34)15-25-23-7-6-21-14-22(9-11-32(21,4)24(23)10-12-33(25,28)5)39-31-30(38)19(2)29(37)27(17-36)40-31/h18-31,35-38H,6-17H2,1-5H3/t18-,19-,20-,21-,22-,23+,24-,25-,26-,27+,28-,29+,30+,31+,32-,33-,34-/m0/s1. The molecule has 7 heteroatoms. The van der Waals surface area contributed by atoms with E-state index in [1.807, 2.05) is 6.92 Å². The highest BCUT2D eigenvalue weighted by atomic mass is 16.7. The van der Waals surface area contributed by atoms with Crippen molar-refractivity contribution in [2.75, 3.05) is 13.2 Å². The molecule has 0 aromatic carbocycles. The van der Waals surface area contributed by atoms with Crippen molar-refractivity contribution in [3.05, 3.63) is 0 Å². The van der Waals surface area contributed by atoms with Crippen LogP contribution in [-0.4, -0.2) is 71.0 Å². The molecule has 41 heavy (non-hydrogen) atoms. The molecule has 7 rings (SSSR count). The fourth-order valence-electron chi connectivity index (χ4n) is 12.1. The molecular weight excluding hydrogens is 518 g/mol. The average molecular weight is 576 g/mol. The first-order chi connectivity index (χ1) is 19.5. The van der Waals surface area contributed by atoms with E-state index in [9.17, 15) is 15.3 Å². The monoisotopic (exact) mass is 575 g/mol. The van der Waals surface area contributed by atoms with E-state index in [-0.39, 0.29) is 18.4 Å². The number of hydrogen-bond acceptors (Lipinski definition) is 7. The van der Waals surface area contributed by atoms with Crippen molar-refractivity contribution in [1.82, 2.24) is 5.32 Å². The van der Waals surface area contributed by atoms with Crippen LogP contribution in [0.1, 0.15) is 98.8 Å². The van der Waals surface area contributed by atoms with E-state index in [1.165, 1.54) is 51.4 Å². The van der Waals surface area contributed by atoms with Crippen LogP contribution in [0.15, 0.2) is 0 Å². The highest BCUT2D eigenvalue weighted by Crippen LogP contribution is 2.71. The molecule has 0 aromatic heterocycles. The van der Waals surface area contributed by atoms with E-state index in [1.54, 1.807) is 0 Å². The summed E-state index contributed by atoms with van der Waals surface area (Å²) in [5.74, 6) is 4.62. The Labute approximate surface area is 247 Å². The zero-order valence-corrected chi connectivity index (χ0v) is 26.1. The molecule has 3 saturated heterocycles. The molecule has 0 aromatic rings. The molecular formula is C34H57NO6. The van der Waals surface area contributed by atoms with Gasteiger partial charge in [0.15, 0.2) is 6.29 Å². The van der Waals surface area contributed by atoms with Gasteiger partial charge in [0.2, 0.25) is 0 Å². The largest absolute Gasteiger partial charge is 0.394 e. The van der Waals surface area contributed by atoms with Crippen LogP contribution in [-0.2, 0) is 14.2 Å². The van der Waals surface area contributed by atoms with Crippen LogP contribution in [0.3, 0.4) is 0 Å². The van der Waals surface area contributed by atoms with Gasteiger partial charge in [-0.2, -0.15) is 0 Å². The Balaban J connectivity index is 1.03. The third-order valence-electron chi connectivity index (χ3n) is 14.7. The van der Waals surface area contributed by atoms with Crippen molar-refractivity contribution in [2.45, 2.75) is 141 Å². The molecule has 0 radical (unpaired) electrons. The summed E-state index contributed by atoms with van der Waals surface area (Å²) < 4.78 is 19.3. The number of nitrogens with one attached hydrogen (secondary N) is 1. The van der Waals surface area contributed by atoms with Crippen molar-refractivity contribution in [2.24, 2.45) is 58.2 Å². The molecule has 4 N–H and O–H groups in total. The maximum Gasteiger partial charge on any atom is 0.184 e. The first-order valence-electron chi connectivity index (χ1n) is 17.2. The van der Waals surface area contributed by atoms with E-state index in [0.717, 1.165) is 43.1 Å². The van der Waals surface area contributed by atoms with Gasteiger partial charge in [-0.3, -0.25) is 5.32 Å². The van der Waals surface area contributed by atoms with Gasteiger partial charge >= 0.3 is 0 Å². The second kappa shape index (κ2) is 10.4. The Morgan fingerprint density at radius 3 is 2.39 bits per heavy atom. The van der Waals surface area contributed by atoms with Crippen molar-refractivity contribution < 1.29 is 29.5 Å². The van der Waals surface area contributed by atoms with Gasteiger partial charge in [0.25, 0.3) is 0 Å². The molecule has 0 amide bonds. The molecule has 234 valence electrons. The maximum absolute atomic E-state index is 10.8. The molecule has 17 atom stereocenters. The normalized spacial score (nSPS) is 60.3. The zero-order valence-electron chi connectivity index (χ0n) is 26.1. The lowest BCUT2D eigenvalue weighted by molar-refractivity contribution is -0.305. The van der Waals surface area contributed by atoms with E-state index >= 15 is 0 Å². The van der Waals surface area contributed by atoms with Crippen LogP contribution < -0.4 is 5.32 Å². The summed E-state index contributed by atoms with van der Waals surface area (Å²) in [7, 11) is 0. The second-order valence-electron chi connectivity index (χ2n) is 16.4. The Morgan fingerprint density at radius 2 is 1.66 bits per heavy atom. The summed E-state index contributed by atoms with van der Waals surface area (Å²) in [4.78, 5) is 0. The number of piperidine rings is 1. The van der Waals surface area contributed by atoms with Crippen LogP contribution in [0.5, 0.6) is 0 Å². The van der Waals surface area contributed by atoms with Gasteiger partial charge in [0.05, 0.1) is 24.9 Å². The van der Waals surface area contributed by atoms with Gasteiger partial charge in [-0.05, 0) is 111 Å². The predicted molar refractivity (Wildman–Crippen MR) is 156 cm³/mol. The van der Waals surface area contributed by atoms with Crippen molar-refractivity contribution >= 4 is 0 Å². The molecule has 3 aliphatic heterocycles. The van der Waals surface area contributed by atoms with E-state index in [2.05, 4.69) is 33.0 Å². The first-order valence-corrected chi connectivity index (χ1v) is 17.2. The molecule has 7 aliphatic rings. The number of aliphatic hydroxyl groups excluding tert-OH is 3. The lowest BCUT2D eigenvalue weighted by atomic mass is 9.44. The minimum atomic E-state index is -0.884. The Morgan fingerprint density at radius 1 is 0.878 bits per heavy atom. The average Bonchev–Trinajstić information content (AvgIpc) is 3.40. The third kappa shape index (κ3) is 4.37. The Hall–Kier alpha value is -0.280. The molecule has 4 saturated carbocycles. The SMILES string of the molecule is C[C@H]1CC[C@]2(NC1)O[C@H]1C[C@H]3[C@@H]4CC[C@H]5C[C@@H](O[C@@H]6O[C@H](CO)[C@H](O)[C@H](C)[C@H]6O)CC[C@]5(C)[C@H]4CC[C@]3(C)[C@H]1[C@@H]2C. The number of aliphatic hydroxyl groups is 3. The summed E-state index contributed by atoms with van der Waals surface area (Å²) in [6.07, 6.45) is 9.38. The van der Waals surface area contributed by atoms with E-state index < -0.39 is 30.5 Å². The lowest BCUT2D eigenvalue weighted by Gasteiger charge is -2.61. The summed E-state index contributed by atoms with van der Waals surface area (Å²) >= 11 is 0. The Bertz CT molecular complexity index is 969. The minimum Gasteiger partial charge on any atom is -0.394 e. The maximum atomic E-state index is 10.8. The number of hydrogen-bond donors (Lipinski definition) is 4. The zero-order chi connectivity index (χ0) is 28.9. The quantitative estimate of drug-likeness (QED) is 0.369. The van der Waals surface area contributed by atoms with Gasteiger partial charge in [-0.25, -0.2) is 0 Å². The van der Waals surface area contributed by atoms with Crippen molar-refractivity contribution in [1.29, 1.82) is 0 Å². The van der Waals surface area contributed by atoms with Crippen LogP contribution in [0.2, 0.25) is 0 Å². The smallest absolute Gasteiger partial charge is 0.184 e. The third-order valence-corrected chi connectivity index (χ3v) is 14.7. The minimum absolute atomic E-state index is 0.0573. The second-order valence-corrected chi connectivity index (χ2v) is 16.4. The highest BCUT2D eigenvalue weighted by molar-refractivity contribution is 5.16. The first kappa shape index (κ1) is 29.4. The fraction of sp³-hybridized carbons (Fsp3) is 1.00. The van der Waals surface area contributed by atoms with Crippen LogP contribution in [0, 0.1) is 58.2 Å². The molecule has 3 heterocycles. The van der Waals surface area contributed by atoms with Crippen LogP contribution in [0.25, 0.3) is 0 Å². The lowest BCUT2D eigenvalue weighted by Crippen LogP contribution is -2.58. The van der Waals surface area contributed by atoms with Gasteiger partial charge in [-0.1, -0.05) is 34.6 Å². The molecule has 1 spiro atoms. The van der Waals surface area contributed by atoms with Gasteiger partial charge < -0.3 is 29.5 Å². The van der Waals surface area contributed by atoms with Crippen LogP contribution >= 0.6 is 0 Å². The van der Waals surface area contributed by atoms with Gasteiger partial charge in [-0.15, -0.1) is 0 Å². The summed E-state index contributed by atoms with van der Waals surface area (Å²) in [5, 5.41) is 34.7. The van der Waals surface area contributed by atoms with Crippen molar-refractivity contribution in [3.8, 4) is 0 Å². The van der Waals surface area contributed by atoms with E-state index in [4.69, 9.17) is 14.2 Å². The predicted octanol–water partition coefficient (Wildman–Crippen LogP) is 4.47. The van der Waals surface area contributed by atoms with Crippen molar-refractivity contribution in [3.63, 3.8) is 0 Å². The fourth-order valence-corrected chi connectivity index (χ4v) is 12.1. The summed E-state index contributed by atoms with van der Waals surface area (Å²) in [5.41, 5.74) is 0.652. The molecule has 7 fully saturated rings.